The van der Waals surface area contributed by atoms with Crippen LogP contribution in [0.2, 0.25) is 0 Å². The van der Waals surface area contributed by atoms with E-state index in [0.29, 0.717) is 0 Å². The lowest BCUT2D eigenvalue weighted by Gasteiger charge is -2.40. The molecule has 3 unspecified atom stereocenters. The first-order valence-corrected chi connectivity index (χ1v) is 26.5. The molecule has 0 saturated heterocycles. The fraction of sp³-hybridized carbons (Fsp3) is 0.0541. The van der Waals surface area contributed by atoms with Crippen molar-refractivity contribution in [2.24, 2.45) is 5.92 Å². The van der Waals surface area contributed by atoms with Crippen molar-refractivity contribution in [3.8, 4) is 55.6 Å². The molecule has 3 aliphatic carbocycles. The molecular formula is C74H54N2. The number of para-hydroxylation sites is 1. The summed E-state index contributed by atoms with van der Waals surface area (Å²) in [6.07, 6.45) is 9.50. The van der Waals surface area contributed by atoms with Crippen LogP contribution in [0.25, 0.3) is 55.6 Å². The summed E-state index contributed by atoms with van der Waals surface area (Å²) >= 11 is 0. The van der Waals surface area contributed by atoms with Crippen LogP contribution < -0.4 is 9.80 Å². The SMILES string of the molecule is CC12C=CC=CC1C1(c3cc(N(c4ccccc4)c4ccc(-c5ccc(-c6ccccc6)cc5)cc4)ccc3-c3ccc(N(c4ccc(-c5ccccc5)cc4)c4ccc(-c5ccccc5)cc4)cc31)c1ccccc12. The Morgan fingerprint density at radius 2 is 0.592 bits per heavy atom. The topological polar surface area (TPSA) is 6.48 Å². The average molecular weight is 971 g/mol. The monoisotopic (exact) mass is 970 g/mol. The molecule has 0 saturated carbocycles. The third-order valence-electron chi connectivity index (χ3n) is 16.5. The first-order valence-electron chi connectivity index (χ1n) is 26.5. The highest BCUT2D eigenvalue weighted by Gasteiger charge is 2.61. The zero-order chi connectivity index (χ0) is 50.6. The van der Waals surface area contributed by atoms with Crippen LogP contribution in [0, 0.1) is 5.92 Å². The van der Waals surface area contributed by atoms with E-state index in [-0.39, 0.29) is 11.3 Å². The Hall–Kier alpha value is -9.50. The maximum atomic E-state index is 2.53. The maximum absolute atomic E-state index is 2.53. The molecule has 0 N–H and O–H groups in total. The average Bonchev–Trinajstić information content (AvgIpc) is 3.96. The van der Waals surface area contributed by atoms with Crippen LogP contribution in [0.4, 0.5) is 34.1 Å². The zero-order valence-corrected chi connectivity index (χ0v) is 42.3. The second kappa shape index (κ2) is 18.5. The molecule has 0 heterocycles. The Kier molecular flexibility index (Phi) is 11.0. The van der Waals surface area contributed by atoms with Gasteiger partial charge in [-0.25, -0.2) is 0 Å². The van der Waals surface area contributed by atoms with E-state index < -0.39 is 5.41 Å². The number of allylic oxidation sites excluding steroid dienone is 4. The zero-order valence-electron chi connectivity index (χ0n) is 42.3. The lowest BCUT2D eigenvalue weighted by molar-refractivity contribution is 0.372. The van der Waals surface area contributed by atoms with Gasteiger partial charge in [0.25, 0.3) is 0 Å². The van der Waals surface area contributed by atoms with Gasteiger partial charge in [-0.05, 0) is 151 Å². The summed E-state index contributed by atoms with van der Waals surface area (Å²) in [7, 11) is 0. The summed E-state index contributed by atoms with van der Waals surface area (Å²) in [4.78, 5) is 4.88. The van der Waals surface area contributed by atoms with Crippen LogP contribution in [0.5, 0.6) is 0 Å². The molecule has 0 aromatic heterocycles. The van der Waals surface area contributed by atoms with Crippen molar-refractivity contribution in [3.63, 3.8) is 0 Å². The highest BCUT2D eigenvalue weighted by molar-refractivity contribution is 5.92. The predicted molar refractivity (Wildman–Crippen MR) is 318 cm³/mol. The van der Waals surface area contributed by atoms with E-state index in [4.69, 9.17) is 0 Å². The molecule has 1 spiro atoms. The molecule has 2 nitrogen and oxygen atoms in total. The minimum atomic E-state index is -0.512. The Morgan fingerprint density at radius 3 is 1.00 bits per heavy atom. The fourth-order valence-electron chi connectivity index (χ4n) is 12.9. The summed E-state index contributed by atoms with van der Waals surface area (Å²) in [5, 5.41) is 0. The summed E-state index contributed by atoms with van der Waals surface area (Å²) in [5.74, 6) is 0.106. The van der Waals surface area contributed by atoms with Crippen molar-refractivity contribution >= 4 is 34.1 Å². The van der Waals surface area contributed by atoms with E-state index in [0.717, 1.165) is 34.1 Å². The summed E-state index contributed by atoms with van der Waals surface area (Å²) in [6.45, 7) is 2.46. The van der Waals surface area contributed by atoms with E-state index in [1.54, 1.807) is 0 Å². The fourth-order valence-corrected chi connectivity index (χ4v) is 12.9. The first kappa shape index (κ1) is 45.1. The molecule has 76 heavy (non-hydrogen) atoms. The largest absolute Gasteiger partial charge is 0.310 e. The molecule has 14 rings (SSSR count). The number of fused-ring (bicyclic) bond motifs is 10. The van der Waals surface area contributed by atoms with Crippen molar-refractivity contribution < 1.29 is 0 Å². The Morgan fingerprint density at radius 1 is 0.276 bits per heavy atom. The molecule has 2 heteroatoms. The second-order valence-corrected chi connectivity index (χ2v) is 20.6. The number of hydrogen-bond donors (Lipinski definition) is 0. The van der Waals surface area contributed by atoms with Crippen LogP contribution >= 0.6 is 0 Å². The van der Waals surface area contributed by atoms with Crippen LogP contribution in [0.1, 0.15) is 29.2 Å². The Balaban J connectivity index is 0.925. The number of benzene rings is 11. The lowest BCUT2D eigenvalue weighted by atomic mass is 9.61. The second-order valence-electron chi connectivity index (χ2n) is 20.6. The number of anilines is 6. The first-order chi connectivity index (χ1) is 37.5. The number of hydrogen-bond acceptors (Lipinski definition) is 2. The molecule has 11 aromatic carbocycles. The molecule has 360 valence electrons. The van der Waals surface area contributed by atoms with Gasteiger partial charge in [-0.3, -0.25) is 0 Å². The lowest BCUT2D eigenvalue weighted by Crippen LogP contribution is -2.39. The molecular weight excluding hydrogens is 917 g/mol. The highest BCUT2D eigenvalue weighted by atomic mass is 15.1. The highest BCUT2D eigenvalue weighted by Crippen LogP contribution is 2.68. The molecule has 3 atom stereocenters. The van der Waals surface area contributed by atoms with E-state index in [2.05, 4.69) is 320 Å². The van der Waals surface area contributed by atoms with E-state index >= 15 is 0 Å². The Bertz CT molecular complexity index is 3870. The van der Waals surface area contributed by atoms with E-state index in [9.17, 15) is 0 Å². The van der Waals surface area contributed by atoms with E-state index in [1.165, 1.54) is 77.9 Å². The van der Waals surface area contributed by atoms with Gasteiger partial charge in [0.2, 0.25) is 0 Å². The Labute approximate surface area is 446 Å². The van der Waals surface area contributed by atoms with Gasteiger partial charge in [-0.2, -0.15) is 0 Å². The summed E-state index contributed by atoms with van der Waals surface area (Å²) in [6, 6.07) is 103. The standard InChI is InChI=1S/C74H54N2/c1-73-49-17-16-28-72(73)74(69-27-15-14-26-68(69)73)70-50-64(75(60-24-12-5-13-25-60)61-43-37-59(38-44-61)56-31-29-55(30-32-56)52-18-6-2-7-19-52)45-47-66(70)67-48-46-65(51-71(67)74)76(62-39-33-57(34-40-62)53-20-8-3-9-21-53)63-41-35-58(36-42-63)54-22-10-4-11-23-54/h2-51,72H,1H3. The molecule has 11 aromatic rings. The van der Waals surface area contributed by atoms with Gasteiger partial charge in [-0.1, -0.05) is 237 Å². The van der Waals surface area contributed by atoms with Crippen molar-refractivity contribution in [1.82, 2.24) is 0 Å². The van der Waals surface area contributed by atoms with Gasteiger partial charge in [0, 0.05) is 45.5 Å². The number of rotatable bonds is 10. The smallest absolute Gasteiger partial charge is 0.0542 e. The van der Waals surface area contributed by atoms with Crippen molar-refractivity contribution in [2.45, 2.75) is 17.8 Å². The van der Waals surface area contributed by atoms with Gasteiger partial charge in [0.05, 0.1) is 5.41 Å². The van der Waals surface area contributed by atoms with Gasteiger partial charge in [0.1, 0.15) is 0 Å². The number of nitrogens with zero attached hydrogens (tertiary/aromatic N) is 2. The van der Waals surface area contributed by atoms with Gasteiger partial charge in [0.15, 0.2) is 0 Å². The van der Waals surface area contributed by atoms with Crippen LogP contribution in [-0.4, -0.2) is 0 Å². The summed E-state index contributed by atoms with van der Waals surface area (Å²) < 4.78 is 0. The molecule has 0 aliphatic heterocycles. The maximum Gasteiger partial charge on any atom is 0.0542 e. The van der Waals surface area contributed by atoms with Crippen molar-refractivity contribution in [3.05, 3.63) is 326 Å². The van der Waals surface area contributed by atoms with Crippen LogP contribution in [-0.2, 0) is 10.8 Å². The minimum Gasteiger partial charge on any atom is -0.310 e. The molecule has 0 fully saturated rings. The van der Waals surface area contributed by atoms with Crippen LogP contribution in [0.3, 0.4) is 0 Å². The van der Waals surface area contributed by atoms with Gasteiger partial charge < -0.3 is 9.80 Å². The third kappa shape index (κ3) is 7.40. The molecule has 0 amide bonds. The molecule has 3 aliphatic rings. The van der Waals surface area contributed by atoms with Gasteiger partial charge in [-0.15, -0.1) is 0 Å². The molecule has 0 radical (unpaired) electrons. The molecule has 0 bridgehead atoms. The van der Waals surface area contributed by atoms with Crippen molar-refractivity contribution in [1.29, 1.82) is 0 Å². The predicted octanol–water partition coefficient (Wildman–Crippen LogP) is 19.6. The van der Waals surface area contributed by atoms with Crippen LogP contribution in [0.15, 0.2) is 303 Å². The minimum absolute atomic E-state index is 0.106. The van der Waals surface area contributed by atoms with Gasteiger partial charge >= 0.3 is 0 Å². The quantitative estimate of drug-likeness (QED) is 0.135. The van der Waals surface area contributed by atoms with E-state index in [1.807, 2.05) is 0 Å². The third-order valence-corrected chi connectivity index (χ3v) is 16.5. The normalized spacial score (nSPS) is 17.4. The summed E-state index contributed by atoms with van der Waals surface area (Å²) in [5.41, 5.74) is 23.5. The van der Waals surface area contributed by atoms with Crippen molar-refractivity contribution in [2.75, 3.05) is 9.80 Å².